The number of hydrogen-bond donors (Lipinski definition) is 0. The summed E-state index contributed by atoms with van der Waals surface area (Å²) >= 11 is 0. The van der Waals surface area contributed by atoms with E-state index in [-0.39, 0.29) is 0 Å². The van der Waals surface area contributed by atoms with E-state index in [2.05, 4.69) is 0 Å². The van der Waals surface area contributed by atoms with E-state index in [0.29, 0.717) is 19.8 Å². The fourth-order valence-electron chi connectivity index (χ4n) is 3.29. The highest BCUT2D eigenvalue weighted by molar-refractivity contribution is 6.60. The van der Waals surface area contributed by atoms with Crippen molar-refractivity contribution in [1.29, 1.82) is 0 Å². The second-order valence-electron chi connectivity index (χ2n) is 7.08. The van der Waals surface area contributed by atoms with Crippen molar-refractivity contribution in [3.05, 3.63) is 0 Å². The fraction of sp³-hybridized carbons (Fsp3) is 1.00. The first-order valence-corrected chi connectivity index (χ1v) is 13.7. The van der Waals surface area contributed by atoms with Gasteiger partial charge >= 0.3 is 8.80 Å². The molecule has 0 aliphatic carbocycles. The molecule has 0 amide bonds. The normalized spacial score (nSPS) is 12.0. The van der Waals surface area contributed by atoms with E-state index in [0.717, 1.165) is 45.3 Å². The van der Waals surface area contributed by atoms with Crippen LogP contribution in [0.15, 0.2) is 0 Å². The Labute approximate surface area is 176 Å². The monoisotopic (exact) mass is 420 g/mol. The van der Waals surface area contributed by atoms with Gasteiger partial charge in [-0.25, -0.2) is 0 Å². The Balaban J connectivity index is 3.46. The number of ether oxygens (including phenoxy) is 2. The molecule has 0 N–H and O–H groups in total. The minimum absolute atomic E-state index is 0.671. The number of hydrogen-bond acceptors (Lipinski definition) is 5. The molecule has 0 bridgehead atoms. The van der Waals surface area contributed by atoms with Crippen LogP contribution in [-0.4, -0.2) is 55.1 Å². The van der Waals surface area contributed by atoms with Gasteiger partial charge in [0.05, 0.1) is 0 Å². The topological polar surface area (TPSA) is 46.2 Å². The third-order valence-electron chi connectivity index (χ3n) is 4.65. The fourth-order valence-corrected chi connectivity index (χ4v) is 5.98. The summed E-state index contributed by atoms with van der Waals surface area (Å²) in [6, 6.07) is 0.951. The van der Waals surface area contributed by atoms with E-state index < -0.39 is 8.80 Å². The molecular weight excluding hydrogens is 372 g/mol. The Hall–Kier alpha value is 0.0169. The zero-order valence-corrected chi connectivity index (χ0v) is 20.3. The van der Waals surface area contributed by atoms with Gasteiger partial charge in [0.2, 0.25) is 0 Å². The SMILES string of the molecule is CCOCCCOCCCCCCCCCCC[Si](OCC)(OCC)OCC. The second kappa shape index (κ2) is 21.7. The molecule has 0 aliphatic heterocycles. The largest absolute Gasteiger partial charge is 0.500 e. The lowest BCUT2D eigenvalue weighted by Gasteiger charge is -2.28. The molecule has 0 aromatic heterocycles. The first-order chi connectivity index (χ1) is 13.7. The predicted octanol–water partition coefficient (Wildman–Crippen LogP) is 5.99. The minimum atomic E-state index is -2.42. The van der Waals surface area contributed by atoms with Crippen LogP contribution in [0.5, 0.6) is 0 Å². The van der Waals surface area contributed by atoms with Crippen LogP contribution in [0.4, 0.5) is 0 Å². The Kier molecular flexibility index (Phi) is 21.7. The Morgan fingerprint density at radius 1 is 0.429 bits per heavy atom. The van der Waals surface area contributed by atoms with E-state index in [1.807, 2.05) is 27.7 Å². The molecule has 170 valence electrons. The molecule has 6 heteroatoms. The van der Waals surface area contributed by atoms with Gasteiger partial charge in [-0.3, -0.25) is 0 Å². The Morgan fingerprint density at radius 3 is 1.36 bits per heavy atom. The van der Waals surface area contributed by atoms with Crippen LogP contribution in [-0.2, 0) is 22.8 Å². The summed E-state index contributed by atoms with van der Waals surface area (Å²) in [4.78, 5) is 0. The quantitative estimate of drug-likeness (QED) is 0.150. The van der Waals surface area contributed by atoms with Crippen molar-refractivity contribution in [2.75, 3.05) is 46.2 Å². The minimum Gasteiger partial charge on any atom is -0.382 e. The van der Waals surface area contributed by atoms with Crippen molar-refractivity contribution in [2.24, 2.45) is 0 Å². The highest BCUT2D eigenvalue weighted by Gasteiger charge is 2.39. The zero-order valence-electron chi connectivity index (χ0n) is 19.3. The van der Waals surface area contributed by atoms with Crippen LogP contribution in [0.3, 0.4) is 0 Å². The van der Waals surface area contributed by atoms with E-state index in [9.17, 15) is 0 Å². The van der Waals surface area contributed by atoms with Crippen LogP contribution < -0.4 is 0 Å². The standard InChI is InChI=1S/C22H48O5Si/c1-5-23-20-18-21-24-19-16-14-12-10-9-11-13-15-17-22-28(25-6-2,26-7-3)27-8-4/h5-22H2,1-4H3. The van der Waals surface area contributed by atoms with Gasteiger partial charge in [-0.1, -0.05) is 44.9 Å². The summed E-state index contributed by atoms with van der Waals surface area (Å²) in [5, 5.41) is 0. The van der Waals surface area contributed by atoms with Crippen molar-refractivity contribution in [3.8, 4) is 0 Å². The van der Waals surface area contributed by atoms with Crippen LogP contribution in [0.1, 0.15) is 91.9 Å². The summed E-state index contributed by atoms with van der Waals surface area (Å²) in [6.45, 7) is 13.5. The highest BCUT2D eigenvalue weighted by Crippen LogP contribution is 2.21. The van der Waals surface area contributed by atoms with Crippen molar-refractivity contribution < 1.29 is 22.8 Å². The molecule has 0 saturated carbocycles. The maximum Gasteiger partial charge on any atom is 0.500 e. The molecule has 0 aliphatic rings. The van der Waals surface area contributed by atoms with Crippen molar-refractivity contribution in [1.82, 2.24) is 0 Å². The lowest BCUT2D eigenvalue weighted by Crippen LogP contribution is -2.45. The average Bonchev–Trinajstić information content (AvgIpc) is 2.68. The summed E-state index contributed by atoms with van der Waals surface area (Å²) in [6.07, 6.45) is 12.5. The van der Waals surface area contributed by atoms with Gasteiger partial charge in [-0.05, 0) is 47.0 Å². The summed E-state index contributed by atoms with van der Waals surface area (Å²) < 4.78 is 28.7. The van der Waals surface area contributed by atoms with E-state index in [1.54, 1.807) is 0 Å². The lowest BCUT2D eigenvalue weighted by molar-refractivity contribution is 0.0706. The third-order valence-corrected chi connectivity index (χ3v) is 7.80. The van der Waals surface area contributed by atoms with Gasteiger partial charge < -0.3 is 22.8 Å². The molecule has 0 spiro atoms. The van der Waals surface area contributed by atoms with Gasteiger partial charge in [-0.15, -0.1) is 0 Å². The third kappa shape index (κ3) is 16.9. The van der Waals surface area contributed by atoms with E-state index >= 15 is 0 Å². The Bertz CT molecular complexity index is 288. The van der Waals surface area contributed by atoms with E-state index in [1.165, 1.54) is 51.4 Å². The molecule has 0 saturated heterocycles. The molecule has 0 aromatic carbocycles. The molecule has 0 radical (unpaired) electrons. The Morgan fingerprint density at radius 2 is 0.857 bits per heavy atom. The van der Waals surface area contributed by atoms with Crippen molar-refractivity contribution in [3.63, 3.8) is 0 Å². The van der Waals surface area contributed by atoms with Crippen LogP contribution in [0, 0.1) is 0 Å². The summed E-state index contributed by atoms with van der Waals surface area (Å²) in [5.41, 5.74) is 0. The summed E-state index contributed by atoms with van der Waals surface area (Å²) in [7, 11) is -2.42. The summed E-state index contributed by atoms with van der Waals surface area (Å²) in [5.74, 6) is 0. The molecule has 0 unspecified atom stereocenters. The maximum absolute atomic E-state index is 5.91. The van der Waals surface area contributed by atoms with E-state index in [4.69, 9.17) is 22.8 Å². The van der Waals surface area contributed by atoms with Gasteiger partial charge in [-0.2, -0.15) is 0 Å². The molecule has 0 atom stereocenters. The predicted molar refractivity (Wildman–Crippen MR) is 119 cm³/mol. The van der Waals surface area contributed by atoms with Gasteiger partial charge in [0.15, 0.2) is 0 Å². The van der Waals surface area contributed by atoms with Gasteiger partial charge in [0, 0.05) is 52.3 Å². The molecule has 0 aromatic rings. The smallest absolute Gasteiger partial charge is 0.382 e. The molecule has 5 nitrogen and oxygen atoms in total. The first kappa shape index (κ1) is 28.0. The molecule has 0 fully saturated rings. The molecular formula is C22H48O5Si. The lowest BCUT2D eigenvalue weighted by atomic mass is 10.1. The average molecular weight is 421 g/mol. The number of unbranched alkanes of at least 4 members (excludes halogenated alkanes) is 8. The van der Waals surface area contributed by atoms with Crippen LogP contribution in [0.2, 0.25) is 6.04 Å². The van der Waals surface area contributed by atoms with Crippen molar-refractivity contribution >= 4 is 8.80 Å². The second-order valence-corrected chi connectivity index (χ2v) is 9.81. The zero-order chi connectivity index (χ0) is 20.8. The van der Waals surface area contributed by atoms with Gasteiger partial charge in [0.25, 0.3) is 0 Å². The van der Waals surface area contributed by atoms with Crippen molar-refractivity contribution in [2.45, 2.75) is 97.9 Å². The first-order valence-electron chi connectivity index (χ1n) is 11.8. The maximum atomic E-state index is 5.91. The molecule has 0 heterocycles. The van der Waals surface area contributed by atoms with Crippen LogP contribution >= 0.6 is 0 Å². The van der Waals surface area contributed by atoms with Crippen LogP contribution in [0.25, 0.3) is 0 Å². The molecule has 28 heavy (non-hydrogen) atoms. The van der Waals surface area contributed by atoms with Gasteiger partial charge in [0.1, 0.15) is 0 Å². The molecule has 0 rings (SSSR count). The highest BCUT2D eigenvalue weighted by atomic mass is 28.4. The number of rotatable bonds is 23.